The van der Waals surface area contributed by atoms with Gasteiger partial charge in [-0.3, -0.25) is 14.8 Å². The molecule has 6 nitrogen and oxygen atoms in total. The number of nitrogens with zero attached hydrogens (tertiary/aromatic N) is 3. The summed E-state index contributed by atoms with van der Waals surface area (Å²) in [4.78, 5) is 9.95. The number of morpholine rings is 1. The van der Waals surface area contributed by atoms with Crippen molar-refractivity contribution in [2.45, 2.75) is 39.3 Å². The van der Waals surface area contributed by atoms with Gasteiger partial charge in [-0.15, -0.1) is 0 Å². The molecule has 2 N–H and O–H groups in total. The van der Waals surface area contributed by atoms with E-state index in [9.17, 15) is 0 Å². The van der Waals surface area contributed by atoms with Gasteiger partial charge >= 0.3 is 0 Å². The maximum absolute atomic E-state index is 5.42. The first-order valence-corrected chi connectivity index (χ1v) is 10.9. The first-order chi connectivity index (χ1) is 13.8. The number of fused-ring (bicyclic) bond motifs is 1. The van der Waals surface area contributed by atoms with E-state index in [0.29, 0.717) is 6.04 Å². The summed E-state index contributed by atoms with van der Waals surface area (Å²) in [6, 6.07) is 9.34. The summed E-state index contributed by atoms with van der Waals surface area (Å²) in [5, 5.41) is 6.90. The highest BCUT2D eigenvalue weighted by Crippen LogP contribution is 2.21. The molecule has 2 heterocycles. The zero-order valence-electron chi connectivity index (χ0n) is 17.6. The Hall–Kier alpha value is -1.63. The van der Waals surface area contributed by atoms with Gasteiger partial charge in [0, 0.05) is 51.9 Å². The Morgan fingerprint density at radius 3 is 2.64 bits per heavy atom. The number of benzene rings is 1. The molecule has 0 bridgehead atoms. The third kappa shape index (κ3) is 6.19. The number of aliphatic imine (C=N–C) groups is 1. The fraction of sp³-hybridized carbons (Fsp3) is 0.682. The van der Waals surface area contributed by atoms with E-state index in [1.807, 2.05) is 0 Å². The van der Waals surface area contributed by atoms with E-state index in [1.54, 1.807) is 0 Å². The molecule has 1 unspecified atom stereocenters. The summed E-state index contributed by atoms with van der Waals surface area (Å²) in [5.41, 5.74) is 2.99. The number of nitrogens with one attached hydrogen (secondary N) is 2. The molecule has 2 aliphatic heterocycles. The van der Waals surface area contributed by atoms with Gasteiger partial charge in [0.25, 0.3) is 0 Å². The van der Waals surface area contributed by atoms with Crippen LogP contribution in [0.4, 0.5) is 0 Å². The Bertz CT molecular complexity index is 615. The monoisotopic (exact) mass is 387 g/mol. The van der Waals surface area contributed by atoms with Crippen molar-refractivity contribution >= 4 is 5.96 Å². The maximum atomic E-state index is 5.42. The van der Waals surface area contributed by atoms with E-state index >= 15 is 0 Å². The standard InChI is InChI=1S/C22H37N5O/c1-3-21(27-11-9-19-7-5-6-8-20(19)18-27)17-25-22(23-4-2)24-10-12-26-13-15-28-16-14-26/h5-8,21H,3-4,9-18H2,1-2H3,(H2,23,24,25). The quantitative estimate of drug-likeness (QED) is 0.525. The van der Waals surface area contributed by atoms with Gasteiger partial charge in [0.05, 0.1) is 19.8 Å². The molecule has 0 saturated carbocycles. The minimum Gasteiger partial charge on any atom is -0.379 e. The molecule has 0 amide bonds. The SMILES string of the molecule is CCNC(=NCC(CC)N1CCc2ccccc2C1)NCCN1CCOCC1. The number of ether oxygens (including phenoxy) is 1. The highest BCUT2D eigenvalue weighted by atomic mass is 16.5. The Kier molecular flexibility index (Phi) is 8.58. The van der Waals surface area contributed by atoms with Gasteiger partial charge < -0.3 is 15.4 Å². The van der Waals surface area contributed by atoms with Crippen LogP contribution in [-0.2, 0) is 17.7 Å². The molecule has 1 atom stereocenters. The maximum Gasteiger partial charge on any atom is 0.191 e. The van der Waals surface area contributed by atoms with Gasteiger partial charge in [0.2, 0.25) is 0 Å². The number of hydrogen-bond donors (Lipinski definition) is 2. The lowest BCUT2D eigenvalue weighted by molar-refractivity contribution is 0.0389. The molecule has 0 radical (unpaired) electrons. The summed E-state index contributed by atoms with van der Waals surface area (Å²) in [6.07, 6.45) is 2.27. The van der Waals surface area contributed by atoms with Gasteiger partial charge in [-0.1, -0.05) is 31.2 Å². The van der Waals surface area contributed by atoms with Crippen molar-refractivity contribution in [1.29, 1.82) is 0 Å². The van der Waals surface area contributed by atoms with Crippen molar-refractivity contribution in [2.75, 3.05) is 59.0 Å². The minimum atomic E-state index is 0.489. The van der Waals surface area contributed by atoms with Gasteiger partial charge in [-0.2, -0.15) is 0 Å². The van der Waals surface area contributed by atoms with Crippen LogP contribution in [-0.4, -0.2) is 80.8 Å². The second-order valence-electron chi connectivity index (χ2n) is 7.65. The average molecular weight is 388 g/mol. The lowest BCUT2D eigenvalue weighted by Gasteiger charge is -2.34. The lowest BCUT2D eigenvalue weighted by atomic mass is 9.98. The van der Waals surface area contributed by atoms with Crippen molar-refractivity contribution in [1.82, 2.24) is 20.4 Å². The van der Waals surface area contributed by atoms with Crippen LogP contribution in [0.25, 0.3) is 0 Å². The zero-order valence-corrected chi connectivity index (χ0v) is 17.6. The predicted molar refractivity (Wildman–Crippen MR) is 116 cm³/mol. The highest BCUT2D eigenvalue weighted by Gasteiger charge is 2.22. The van der Waals surface area contributed by atoms with Crippen molar-refractivity contribution in [2.24, 2.45) is 4.99 Å². The molecule has 156 valence electrons. The molecule has 0 aliphatic carbocycles. The van der Waals surface area contributed by atoms with Gasteiger partial charge in [0.1, 0.15) is 0 Å². The molecule has 1 aromatic carbocycles. The van der Waals surface area contributed by atoms with Crippen LogP contribution in [0.5, 0.6) is 0 Å². The van der Waals surface area contributed by atoms with Crippen molar-refractivity contribution < 1.29 is 4.74 Å². The second-order valence-corrected chi connectivity index (χ2v) is 7.65. The second kappa shape index (κ2) is 11.4. The summed E-state index contributed by atoms with van der Waals surface area (Å²) < 4.78 is 5.42. The van der Waals surface area contributed by atoms with Gasteiger partial charge in [-0.25, -0.2) is 0 Å². The molecule has 28 heavy (non-hydrogen) atoms. The molecule has 6 heteroatoms. The molecule has 0 aromatic heterocycles. The lowest BCUT2D eigenvalue weighted by Crippen LogP contribution is -2.45. The van der Waals surface area contributed by atoms with E-state index in [1.165, 1.54) is 11.1 Å². The molecule has 0 spiro atoms. The van der Waals surface area contributed by atoms with Crippen molar-refractivity contribution in [3.8, 4) is 0 Å². The van der Waals surface area contributed by atoms with Gasteiger partial charge in [0.15, 0.2) is 5.96 Å². The highest BCUT2D eigenvalue weighted by molar-refractivity contribution is 5.79. The normalized spacial score (nSPS) is 19.9. The van der Waals surface area contributed by atoms with Crippen LogP contribution in [0.2, 0.25) is 0 Å². The van der Waals surface area contributed by atoms with E-state index in [2.05, 4.69) is 58.5 Å². The van der Waals surface area contributed by atoms with Crippen molar-refractivity contribution in [3.63, 3.8) is 0 Å². The fourth-order valence-corrected chi connectivity index (χ4v) is 4.03. The largest absolute Gasteiger partial charge is 0.379 e. The summed E-state index contributed by atoms with van der Waals surface area (Å²) >= 11 is 0. The van der Waals surface area contributed by atoms with Crippen LogP contribution >= 0.6 is 0 Å². The van der Waals surface area contributed by atoms with E-state index in [0.717, 1.165) is 84.4 Å². The van der Waals surface area contributed by atoms with E-state index in [-0.39, 0.29) is 0 Å². The smallest absolute Gasteiger partial charge is 0.191 e. The summed E-state index contributed by atoms with van der Waals surface area (Å²) in [5.74, 6) is 0.937. The van der Waals surface area contributed by atoms with Crippen LogP contribution in [0.3, 0.4) is 0 Å². The fourth-order valence-electron chi connectivity index (χ4n) is 4.03. The number of guanidine groups is 1. The third-order valence-corrected chi connectivity index (χ3v) is 5.78. The predicted octanol–water partition coefficient (Wildman–Crippen LogP) is 1.71. The van der Waals surface area contributed by atoms with Crippen LogP contribution < -0.4 is 10.6 Å². The first kappa shape index (κ1) is 21.1. The van der Waals surface area contributed by atoms with Crippen LogP contribution in [0.15, 0.2) is 29.3 Å². The Labute approximate surface area is 170 Å². The molecule has 1 saturated heterocycles. The minimum absolute atomic E-state index is 0.489. The van der Waals surface area contributed by atoms with Gasteiger partial charge in [-0.05, 0) is 30.9 Å². The van der Waals surface area contributed by atoms with Crippen molar-refractivity contribution in [3.05, 3.63) is 35.4 Å². The Morgan fingerprint density at radius 1 is 1.11 bits per heavy atom. The number of rotatable bonds is 8. The van der Waals surface area contributed by atoms with E-state index in [4.69, 9.17) is 9.73 Å². The Morgan fingerprint density at radius 2 is 1.89 bits per heavy atom. The third-order valence-electron chi connectivity index (χ3n) is 5.78. The Balaban J connectivity index is 1.50. The first-order valence-electron chi connectivity index (χ1n) is 10.9. The molecule has 2 aliphatic rings. The topological polar surface area (TPSA) is 52.1 Å². The molecule has 1 aromatic rings. The van der Waals surface area contributed by atoms with E-state index < -0.39 is 0 Å². The molecule has 1 fully saturated rings. The average Bonchev–Trinajstić information content (AvgIpc) is 2.75. The molecular weight excluding hydrogens is 350 g/mol. The molecular formula is C22H37N5O. The summed E-state index contributed by atoms with van der Waals surface area (Å²) in [6.45, 7) is 14.0. The van der Waals surface area contributed by atoms with Crippen LogP contribution in [0.1, 0.15) is 31.4 Å². The summed E-state index contributed by atoms with van der Waals surface area (Å²) in [7, 11) is 0. The zero-order chi connectivity index (χ0) is 19.6. The van der Waals surface area contributed by atoms with Crippen LogP contribution in [0, 0.1) is 0 Å². The number of hydrogen-bond acceptors (Lipinski definition) is 4. The molecule has 3 rings (SSSR count).